The molecule has 0 bridgehead atoms. The van der Waals surface area contributed by atoms with Crippen molar-refractivity contribution < 1.29 is 28.6 Å². The number of hydrogen-bond acceptors (Lipinski definition) is 8. The Bertz CT molecular complexity index is 1560. The first-order valence-corrected chi connectivity index (χ1v) is 14.7. The number of aromatic amines is 1. The van der Waals surface area contributed by atoms with Crippen LogP contribution in [0.25, 0.3) is 10.9 Å². The van der Waals surface area contributed by atoms with E-state index in [9.17, 15) is 14.4 Å². The van der Waals surface area contributed by atoms with Crippen molar-refractivity contribution in [2.75, 3.05) is 26.1 Å². The summed E-state index contributed by atoms with van der Waals surface area (Å²) in [5.41, 5.74) is 2.32. The Morgan fingerprint density at radius 3 is 2.51 bits per heavy atom. The highest BCUT2D eigenvalue weighted by Gasteiger charge is 2.25. The Labute approximate surface area is 254 Å². The normalized spacial score (nSPS) is 11.9. The molecule has 0 aliphatic rings. The van der Waals surface area contributed by atoms with Crippen LogP contribution < -0.4 is 25.4 Å². The molecule has 1 atom stereocenters. The number of amides is 3. The van der Waals surface area contributed by atoms with E-state index in [0.717, 1.165) is 21.6 Å². The fourth-order valence-corrected chi connectivity index (χ4v) is 5.05. The van der Waals surface area contributed by atoms with E-state index < -0.39 is 17.7 Å². The first-order chi connectivity index (χ1) is 20.5. The first-order valence-electron chi connectivity index (χ1n) is 13.9. The van der Waals surface area contributed by atoms with Crippen molar-refractivity contribution in [3.8, 4) is 11.5 Å². The van der Waals surface area contributed by atoms with E-state index in [1.54, 1.807) is 65.5 Å². The van der Waals surface area contributed by atoms with Crippen LogP contribution >= 0.6 is 11.3 Å². The summed E-state index contributed by atoms with van der Waals surface area (Å²) in [4.78, 5) is 45.8. The standard InChI is InChI=1S/C31H37N5O6S/c1-31(2,3)42-30(39)36-24(18-27-32-13-14-43-27)29(38)33-12-6-7-21-16-20-15-19(8-10-23(20)34-21)28(37)35-22-9-11-25(40-4)26(17-22)41-5/h8-11,13-17,24,34H,6-7,12,18H2,1-5H3,(H,33,38)(H,35,37)(H,36,39)/t24-/m0/s1. The number of nitrogens with one attached hydrogen (secondary N) is 4. The van der Waals surface area contributed by atoms with Gasteiger partial charge in [-0.3, -0.25) is 9.59 Å². The van der Waals surface area contributed by atoms with Crippen LogP contribution in [-0.2, 0) is 22.4 Å². The molecule has 0 spiro atoms. The van der Waals surface area contributed by atoms with Crippen LogP contribution in [0, 0.1) is 0 Å². The highest BCUT2D eigenvalue weighted by atomic mass is 32.1. The predicted molar refractivity (Wildman–Crippen MR) is 166 cm³/mol. The average Bonchev–Trinajstić information content (AvgIpc) is 3.62. The molecule has 0 fully saturated rings. The number of hydrogen-bond donors (Lipinski definition) is 4. The van der Waals surface area contributed by atoms with Crippen LogP contribution in [0.5, 0.6) is 11.5 Å². The van der Waals surface area contributed by atoms with Gasteiger partial charge in [0.05, 0.1) is 19.2 Å². The molecule has 43 heavy (non-hydrogen) atoms. The van der Waals surface area contributed by atoms with Gasteiger partial charge in [0.25, 0.3) is 5.91 Å². The Kier molecular flexibility index (Phi) is 10.3. The van der Waals surface area contributed by atoms with Gasteiger partial charge in [-0.1, -0.05) is 0 Å². The number of anilines is 1. The molecule has 3 amide bonds. The fourth-order valence-electron chi connectivity index (χ4n) is 4.39. The molecular weight excluding hydrogens is 570 g/mol. The zero-order valence-corrected chi connectivity index (χ0v) is 25.7. The number of aryl methyl sites for hydroxylation is 1. The molecule has 2 aromatic carbocycles. The summed E-state index contributed by atoms with van der Waals surface area (Å²) in [6.45, 7) is 5.71. The Balaban J connectivity index is 1.31. The molecule has 0 aliphatic heterocycles. The number of alkyl carbamates (subject to hydrolysis) is 1. The number of rotatable bonds is 12. The quantitative estimate of drug-likeness (QED) is 0.165. The van der Waals surface area contributed by atoms with Gasteiger partial charge in [-0.25, -0.2) is 9.78 Å². The van der Waals surface area contributed by atoms with Crippen LogP contribution in [-0.4, -0.2) is 60.3 Å². The second-order valence-electron chi connectivity index (χ2n) is 10.8. The van der Waals surface area contributed by atoms with Gasteiger partial charge in [0, 0.05) is 58.5 Å². The Morgan fingerprint density at radius 2 is 1.81 bits per heavy atom. The van der Waals surface area contributed by atoms with Crippen LogP contribution in [0.3, 0.4) is 0 Å². The van der Waals surface area contributed by atoms with Gasteiger partial charge < -0.3 is 35.1 Å². The Morgan fingerprint density at radius 1 is 1.02 bits per heavy atom. The van der Waals surface area contributed by atoms with Crippen LogP contribution in [0.15, 0.2) is 54.0 Å². The van der Waals surface area contributed by atoms with E-state index >= 15 is 0 Å². The van der Waals surface area contributed by atoms with Crippen LogP contribution in [0.2, 0.25) is 0 Å². The second-order valence-corrected chi connectivity index (χ2v) is 11.8. The lowest BCUT2D eigenvalue weighted by Crippen LogP contribution is -2.49. The van der Waals surface area contributed by atoms with Crippen molar-refractivity contribution in [1.82, 2.24) is 20.6 Å². The molecule has 228 valence electrons. The smallest absolute Gasteiger partial charge is 0.408 e. The zero-order valence-electron chi connectivity index (χ0n) is 24.9. The molecule has 2 aromatic heterocycles. The topological polar surface area (TPSA) is 144 Å². The summed E-state index contributed by atoms with van der Waals surface area (Å²) in [7, 11) is 3.10. The number of carbonyl (C=O) groups is 3. The summed E-state index contributed by atoms with van der Waals surface area (Å²) in [6, 6.07) is 11.8. The van der Waals surface area contributed by atoms with E-state index in [1.165, 1.54) is 11.3 Å². The summed E-state index contributed by atoms with van der Waals surface area (Å²) in [5, 5.41) is 11.9. The number of thiazole rings is 1. The maximum absolute atomic E-state index is 13.0. The van der Waals surface area contributed by atoms with Gasteiger partial charge in [0.2, 0.25) is 5.91 Å². The summed E-state index contributed by atoms with van der Waals surface area (Å²) < 4.78 is 15.9. The van der Waals surface area contributed by atoms with E-state index in [4.69, 9.17) is 14.2 Å². The minimum atomic E-state index is -0.808. The largest absolute Gasteiger partial charge is 0.493 e. The zero-order chi connectivity index (χ0) is 31.0. The molecule has 4 rings (SSSR count). The number of nitrogens with zero attached hydrogens (tertiary/aromatic N) is 1. The van der Waals surface area contributed by atoms with Gasteiger partial charge in [-0.15, -0.1) is 11.3 Å². The molecule has 4 N–H and O–H groups in total. The molecule has 0 saturated carbocycles. The number of carbonyl (C=O) groups excluding carboxylic acids is 3. The number of H-pyrrole nitrogens is 1. The van der Waals surface area contributed by atoms with E-state index in [-0.39, 0.29) is 18.2 Å². The number of aromatic nitrogens is 2. The van der Waals surface area contributed by atoms with Crippen molar-refractivity contribution in [2.24, 2.45) is 0 Å². The van der Waals surface area contributed by atoms with Crippen LogP contribution in [0.1, 0.15) is 48.3 Å². The lowest BCUT2D eigenvalue weighted by atomic mass is 10.1. The molecule has 4 aromatic rings. The van der Waals surface area contributed by atoms with Gasteiger partial charge in [0.1, 0.15) is 11.6 Å². The third-order valence-electron chi connectivity index (χ3n) is 6.37. The molecule has 11 nitrogen and oxygen atoms in total. The van der Waals surface area contributed by atoms with Crippen molar-refractivity contribution >= 4 is 45.8 Å². The van der Waals surface area contributed by atoms with Crippen LogP contribution in [0.4, 0.5) is 10.5 Å². The summed E-state index contributed by atoms with van der Waals surface area (Å²) in [6.07, 6.45) is 2.63. The number of ether oxygens (including phenoxy) is 3. The molecule has 0 aliphatic carbocycles. The van der Waals surface area contributed by atoms with E-state index in [1.807, 2.05) is 23.6 Å². The van der Waals surface area contributed by atoms with Gasteiger partial charge >= 0.3 is 6.09 Å². The van der Waals surface area contributed by atoms with Crippen molar-refractivity contribution in [3.63, 3.8) is 0 Å². The lowest BCUT2D eigenvalue weighted by Gasteiger charge is -2.23. The monoisotopic (exact) mass is 607 g/mol. The fraction of sp³-hybridized carbons (Fsp3) is 0.355. The highest BCUT2D eigenvalue weighted by Crippen LogP contribution is 2.30. The molecule has 0 unspecified atom stereocenters. The predicted octanol–water partition coefficient (Wildman–Crippen LogP) is 5.08. The Hall–Kier alpha value is -4.58. The highest BCUT2D eigenvalue weighted by molar-refractivity contribution is 7.09. The number of methoxy groups -OCH3 is 2. The third-order valence-corrected chi connectivity index (χ3v) is 7.17. The SMILES string of the molecule is COc1ccc(NC(=O)c2ccc3[nH]c(CCCNC(=O)[C@H](Cc4nccs4)NC(=O)OC(C)(C)C)cc3c2)cc1OC. The van der Waals surface area contributed by atoms with Gasteiger partial charge in [0.15, 0.2) is 11.5 Å². The molecule has 12 heteroatoms. The van der Waals surface area contributed by atoms with Crippen molar-refractivity contribution in [3.05, 3.63) is 70.3 Å². The van der Waals surface area contributed by atoms with Crippen molar-refractivity contribution in [1.29, 1.82) is 0 Å². The first kappa shape index (κ1) is 31.4. The average molecular weight is 608 g/mol. The molecule has 2 heterocycles. The van der Waals surface area contributed by atoms with E-state index in [0.29, 0.717) is 42.1 Å². The maximum Gasteiger partial charge on any atom is 0.408 e. The van der Waals surface area contributed by atoms with Crippen molar-refractivity contribution in [2.45, 2.75) is 51.7 Å². The number of fused-ring (bicyclic) bond motifs is 1. The van der Waals surface area contributed by atoms with Gasteiger partial charge in [-0.05, 0) is 70.0 Å². The molecular formula is C31H37N5O6S. The molecule has 0 saturated heterocycles. The molecule has 0 radical (unpaired) electrons. The second kappa shape index (κ2) is 14.1. The number of benzene rings is 2. The summed E-state index contributed by atoms with van der Waals surface area (Å²) in [5.74, 6) is 0.556. The van der Waals surface area contributed by atoms with E-state index in [2.05, 4.69) is 25.9 Å². The summed E-state index contributed by atoms with van der Waals surface area (Å²) >= 11 is 1.42. The maximum atomic E-state index is 13.0. The lowest BCUT2D eigenvalue weighted by molar-refractivity contribution is -0.123. The minimum Gasteiger partial charge on any atom is -0.493 e. The third kappa shape index (κ3) is 8.95. The minimum absolute atomic E-state index is 0.244. The van der Waals surface area contributed by atoms with Gasteiger partial charge in [-0.2, -0.15) is 0 Å².